The van der Waals surface area contributed by atoms with Gasteiger partial charge in [-0.2, -0.15) is 18.3 Å². The van der Waals surface area contributed by atoms with Crippen LogP contribution in [0.15, 0.2) is 84.1 Å². The number of alkyl halides is 3. The van der Waals surface area contributed by atoms with Gasteiger partial charge < -0.3 is 4.74 Å². The van der Waals surface area contributed by atoms with Gasteiger partial charge in [0, 0.05) is 17.5 Å². The molecular formula is C29H18F4N4O5S. The van der Waals surface area contributed by atoms with Crippen molar-refractivity contribution in [2.75, 3.05) is 11.5 Å². The molecule has 218 valence electrons. The number of rotatable bonds is 8. The Kier molecular flexibility index (Phi) is 8.30. The number of esters is 1. The van der Waals surface area contributed by atoms with Crippen molar-refractivity contribution in [3.8, 4) is 11.3 Å². The maximum absolute atomic E-state index is 13.1. The zero-order valence-corrected chi connectivity index (χ0v) is 22.6. The van der Waals surface area contributed by atoms with Crippen molar-refractivity contribution in [3.63, 3.8) is 0 Å². The number of ketones is 1. The van der Waals surface area contributed by atoms with Crippen molar-refractivity contribution < 1.29 is 41.5 Å². The number of thioether (sulfide) groups is 1. The van der Waals surface area contributed by atoms with E-state index in [4.69, 9.17) is 4.74 Å². The van der Waals surface area contributed by atoms with Gasteiger partial charge >= 0.3 is 12.1 Å². The Morgan fingerprint density at radius 3 is 2.23 bits per heavy atom. The molecule has 1 saturated heterocycles. The molecule has 1 fully saturated rings. The van der Waals surface area contributed by atoms with E-state index in [2.05, 4.69) is 15.2 Å². The first-order valence-corrected chi connectivity index (χ1v) is 13.3. The Labute approximate surface area is 244 Å². The fourth-order valence-electron chi connectivity index (χ4n) is 4.08. The number of hydrogen-bond donors (Lipinski definition) is 0. The SMILES string of the molecule is O=C(COC(=O)c1ccc(N2C(=O)CC(Sc3nncc(-c4ccc(C(F)(F)F)cc4)n3)C2=O)cc1)c1ccc(F)cc1. The van der Waals surface area contributed by atoms with E-state index < -0.39 is 53.0 Å². The molecule has 0 saturated carbocycles. The molecule has 5 rings (SSSR count). The van der Waals surface area contributed by atoms with Crippen LogP contribution >= 0.6 is 11.8 Å². The minimum atomic E-state index is -4.49. The first-order chi connectivity index (χ1) is 20.5. The molecule has 1 aliphatic rings. The number of benzene rings is 3. The summed E-state index contributed by atoms with van der Waals surface area (Å²) < 4.78 is 56.7. The summed E-state index contributed by atoms with van der Waals surface area (Å²) in [4.78, 5) is 55.6. The lowest BCUT2D eigenvalue weighted by molar-refractivity contribution is -0.137. The maximum atomic E-state index is 13.1. The van der Waals surface area contributed by atoms with Crippen LogP contribution in [-0.4, -0.2) is 50.6 Å². The number of ether oxygens (including phenoxy) is 1. The van der Waals surface area contributed by atoms with Crippen LogP contribution < -0.4 is 4.90 Å². The molecule has 3 aromatic carbocycles. The highest BCUT2D eigenvalue weighted by atomic mass is 32.2. The van der Waals surface area contributed by atoms with Crippen molar-refractivity contribution in [2.24, 2.45) is 0 Å². The first-order valence-electron chi connectivity index (χ1n) is 12.5. The smallest absolute Gasteiger partial charge is 0.416 e. The third-order valence-electron chi connectivity index (χ3n) is 6.26. The van der Waals surface area contributed by atoms with Crippen molar-refractivity contribution in [1.29, 1.82) is 0 Å². The monoisotopic (exact) mass is 610 g/mol. The van der Waals surface area contributed by atoms with E-state index in [0.29, 0.717) is 5.56 Å². The van der Waals surface area contributed by atoms with Crippen molar-refractivity contribution in [2.45, 2.75) is 23.0 Å². The van der Waals surface area contributed by atoms with Gasteiger partial charge in [0.05, 0.1) is 28.7 Å². The van der Waals surface area contributed by atoms with Crippen LogP contribution in [0.4, 0.5) is 23.2 Å². The Balaban J connectivity index is 1.21. The number of amides is 2. The molecule has 1 unspecified atom stereocenters. The van der Waals surface area contributed by atoms with E-state index >= 15 is 0 Å². The fourth-order valence-corrected chi connectivity index (χ4v) is 5.01. The summed E-state index contributed by atoms with van der Waals surface area (Å²) in [5, 5.41) is 6.86. The van der Waals surface area contributed by atoms with Crippen LogP contribution in [0.2, 0.25) is 0 Å². The average molecular weight is 611 g/mol. The quantitative estimate of drug-likeness (QED) is 0.115. The summed E-state index contributed by atoms with van der Waals surface area (Å²) in [5.74, 6) is -2.91. The summed E-state index contributed by atoms with van der Waals surface area (Å²) in [5.41, 5.74) is 0.232. The molecule has 1 aliphatic heterocycles. The average Bonchev–Trinajstić information content (AvgIpc) is 3.27. The zero-order chi connectivity index (χ0) is 30.7. The second-order valence-electron chi connectivity index (χ2n) is 9.13. The highest BCUT2D eigenvalue weighted by molar-refractivity contribution is 8.00. The Bertz CT molecular complexity index is 1700. The van der Waals surface area contributed by atoms with Gasteiger partial charge in [0.25, 0.3) is 0 Å². The van der Waals surface area contributed by atoms with Gasteiger partial charge in [0.1, 0.15) is 11.1 Å². The summed E-state index contributed by atoms with van der Waals surface area (Å²) in [6.07, 6.45) is -3.39. The van der Waals surface area contributed by atoms with E-state index in [1.165, 1.54) is 54.7 Å². The number of nitrogens with zero attached hydrogens (tertiary/aromatic N) is 4. The maximum Gasteiger partial charge on any atom is 0.416 e. The molecule has 0 aliphatic carbocycles. The number of imide groups is 1. The number of carbonyl (C=O) groups is 4. The molecule has 14 heteroatoms. The zero-order valence-electron chi connectivity index (χ0n) is 21.7. The van der Waals surface area contributed by atoms with Crippen LogP contribution in [0.5, 0.6) is 0 Å². The summed E-state index contributed by atoms with van der Waals surface area (Å²) >= 11 is 0.890. The third kappa shape index (κ3) is 6.75. The highest BCUT2D eigenvalue weighted by Crippen LogP contribution is 2.34. The third-order valence-corrected chi connectivity index (χ3v) is 7.30. The molecule has 0 radical (unpaired) electrons. The van der Waals surface area contributed by atoms with E-state index in [1.54, 1.807) is 0 Å². The predicted octanol–water partition coefficient (Wildman–Crippen LogP) is 5.16. The summed E-state index contributed by atoms with van der Waals surface area (Å²) in [6.45, 7) is -0.564. The lowest BCUT2D eigenvalue weighted by Crippen LogP contribution is -2.31. The Morgan fingerprint density at radius 1 is 0.930 bits per heavy atom. The molecule has 1 atom stereocenters. The normalized spacial score (nSPS) is 15.1. The number of anilines is 1. The number of hydrogen-bond acceptors (Lipinski definition) is 9. The van der Waals surface area contributed by atoms with Crippen LogP contribution in [0.1, 0.15) is 32.7 Å². The van der Waals surface area contributed by atoms with Crippen LogP contribution in [-0.2, 0) is 20.5 Å². The molecule has 2 heterocycles. The number of aromatic nitrogens is 3. The van der Waals surface area contributed by atoms with E-state index in [9.17, 15) is 36.7 Å². The first kappa shape index (κ1) is 29.5. The van der Waals surface area contributed by atoms with Gasteiger partial charge in [-0.1, -0.05) is 23.9 Å². The molecular weight excluding hydrogens is 592 g/mol. The van der Waals surface area contributed by atoms with Crippen LogP contribution in [0.25, 0.3) is 11.3 Å². The highest BCUT2D eigenvalue weighted by Gasteiger charge is 2.41. The number of Topliss-reactive ketones (excluding diaryl/α,β-unsaturated/α-hetero) is 1. The van der Waals surface area contributed by atoms with Crippen molar-refractivity contribution in [1.82, 2.24) is 15.2 Å². The Hall–Kier alpha value is -4.98. The molecule has 0 spiro atoms. The van der Waals surface area contributed by atoms with Crippen molar-refractivity contribution in [3.05, 3.63) is 102 Å². The number of halogens is 4. The standard InChI is InChI=1S/C29H18F4N4O5S/c30-20-9-3-17(4-10-20)23(38)15-42-27(41)18-5-11-21(12-6-18)37-25(39)13-24(26(37)40)43-28-35-22(14-34-36-28)16-1-7-19(8-2-16)29(31,32)33/h1-12,14,24H,13,15H2. The van der Waals surface area contributed by atoms with E-state index in [0.717, 1.165) is 40.9 Å². The lowest BCUT2D eigenvalue weighted by atomic mass is 10.1. The summed E-state index contributed by atoms with van der Waals surface area (Å²) in [6, 6.07) is 14.5. The Morgan fingerprint density at radius 2 is 1.58 bits per heavy atom. The lowest BCUT2D eigenvalue weighted by Gasteiger charge is -2.15. The van der Waals surface area contributed by atoms with Crippen LogP contribution in [0, 0.1) is 5.82 Å². The summed E-state index contributed by atoms with van der Waals surface area (Å²) in [7, 11) is 0. The predicted molar refractivity (Wildman–Crippen MR) is 144 cm³/mol. The molecule has 9 nitrogen and oxygen atoms in total. The molecule has 4 aromatic rings. The van der Waals surface area contributed by atoms with Crippen molar-refractivity contribution >= 4 is 41.0 Å². The topological polar surface area (TPSA) is 119 Å². The second kappa shape index (κ2) is 12.1. The molecule has 0 bridgehead atoms. The fraction of sp³-hybridized carbons (Fsp3) is 0.138. The number of carbonyl (C=O) groups excluding carboxylic acids is 4. The second-order valence-corrected chi connectivity index (χ2v) is 10.3. The van der Waals surface area contributed by atoms with Gasteiger partial charge in [0.2, 0.25) is 17.0 Å². The molecule has 0 N–H and O–H groups in total. The minimum absolute atomic E-state index is 0.0543. The molecule has 2 amide bonds. The van der Waals surface area contributed by atoms with Gasteiger partial charge in [-0.15, -0.1) is 5.10 Å². The largest absolute Gasteiger partial charge is 0.454 e. The van der Waals surface area contributed by atoms with Gasteiger partial charge in [-0.25, -0.2) is 19.1 Å². The van der Waals surface area contributed by atoms with Crippen LogP contribution in [0.3, 0.4) is 0 Å². The van der Waals surface area contributed by atoms with E-state index in [1.807, 2.05) is 0 Å². The minimum Gasteiger partial charge on any atom is -0.454 e. The molecule has 43 heavy (non-hydrogen) atoms. The van der Waals surface area contributed by atoms with Gasteiger partial charge in [0.15, 0.2) is 12.4 Å². The van der Waals surface area contributed by atoms with Gasteiger partial charge in [-0.3, -0.25) is 14.4 Å². The molecule has 1 aromatic heterocycles. The van der Waals surface area contributed by atoms with E-state index in [-0.39, 0.29) is 34.1 Å². The van der Waals surface area contributed by atoms with Gasteiger partial charge in [-0.05, 0) is 60.7 Å².